The molecule has 0 bridgehead atoms. The smallest absolute Gasteiger partial charge is 0.359 e. The third kappa shape index (κ3) is 2.06. The number of hydrogen-bond donors (Lipinski definition) is 1. The molecular formula is C12H10Cl2N2O2. The Morgan fingerprint density at radius 1 is 1.50 bits per heavy atom. The monoisotopic (exact) mass is 284 g/mol. The minimum atomic E-state index is -0.728. The summed E-state index contributed by atoms with van der Waals surface area (Å²) < 4.78 is 4.44. The second-order valence-electron chi connectivity index (χ2n) is 4.38. The predicted molar refractivity (Wildman–Crippen MR) is 68.9 cm³/mol. The number of esters is 1. The van der Waals surface area contributed by atoms with Crippen LogP contribution in [0, 0.1) is 5.92 Å². The lowest BCUT2D eigenvalue weighted by atomic mass is 10.2. The van der Waals surface area contributed by atoms with Crippen molar-refractivity contribution in [2.24, 2.45) is 5.92 Å². The minimum Gasteiger partial charge on any atom is -0.460 e. The third-order valence-corrected chi connectivity index (χ3v) is 3.96. The molecular weight excluding hydrogens is 275 g/mol. The lowest BCUT2D eigenvalue weighted by Gasteiger charge is -2.02. The van der Waals surface area contributed by atoms with E-state index >= 15 is 0 Å². The SMILES string of the molecule is O=C(OC[C@@H]1CC1(Cl)Cl)c1n[nH]c2ccccc12. The zero-order chi connectivity index (χ0) is 12.8. The van der Waals surface area contributed by atoms with Gasteiger partial charge in [-0.1, -0.05) is 18.2 Å². The number of H-pyrrole nitrogens is 1. The Morgan fingerprint density at radius 3 is 2.94 bits per heavy atom. The summed E-state index contributed by atoms with van der Waals surface area (Å²) in [5, 5.41) is 7.50. The van der Waals surface area contributed by atoms with E-state index in [0.717, 1.165) is 10.9 Å². The van der Waals surface area contributed by atoms with E-state index in [1.807, 2.05) is 24.3 Å². The van der Waals surface area contributed by atoms with E-state index in [-0.39, 0.29) is 12.5 Å². The highest BCUT2D eigenvalue weighted by atomic mass is 35.5. The lowest BCUT2D eigenvalue weighted by molar-refractivity contribution is 0.0480. The molecule has 0 aliphatic heterocycles. The number of halogens is 2. The molecule has 94 valence electrons. The van der Waals surface area contributed by atoms with Crippen LogP contribution >= 0.6 is 23.2 Å². The molecule has 1 aliphatic carbocycles. The van der Waals surface area contributed by atoms with Crippen molar-refractivity contribution in [1.82, 2.24) is 10.2 Å². The quantitative estimate of drug-likeness (QED) is 0.697. The van der Waals surface area contributed by atoms with Crippen LogP contribution in [0.2, 0.25) is 0 Å². The van der Waals surface area contributed by atoms with Gasteiger partial charge in [-0.3, -0.25) is 5.10 Å². The highest BCUT2D eigenvalue weighted by Gasteiger charge is 2.52. The number of rotatable bonds is 3. The van der Waals surface area contributed by atoms with Crippen LogP contribution in [0.15, 0.2) is 24.3 Å². The standard InChI is InChI=1S/C12H10Cl2N2O2/c13-12(14)5-7(12)6-18-11(17)10-8-3-1-2-4-9(8)15-16-10/h1-4,7H,5-6H2,(H,15,16)/t7-/m0/s1. The second-order valence-corrected chi connectivity index (χ2v) is 5.92. The molecule has 0 unspecified atom stereocenters. The highest BCUT2D eigenvalue weighted by molar-refractivity contribution is 6.50. The summed E-state index contributed by atoms with van der Waals surface area (Å²) in [4.78, 5) is 11.9. The zero-order valence-electron chi connectivity index (χ0n) is 9.32. The summed E-state index contributed by atoms with van der Waals surface area (Å²) in [5.41, 5.74) is 1.10. The number of aromatic nitrogens is 2. The first-order chi connectivity index (χ1) is 8.58. The van der Waals surface area contributed by atoms with Crippen molar-refractivity contribution in [3.8, 4) is 0 Å². The number of nitrogens with one attached hydrogen (secondary N) is 1. The molecule has 3 rings (SSSR count). The van der Waals surface area contributed by atoms with Crippen LogP contribution in [0.4, 0.5) is 0 Å². The van der Waals surface area contributed by atoms with Crippen LogP contribution in [-0.2, 0) is 4.74 Å². The van der Waals surface area contributed by atoms with Gasteiger partial charge < -0.3 is 4.74 Å². The first-order valence-electron chi connectivity index (χ1n) is 5.56. The Morgan fingerprint density at radius 2 is 2.22 bits per heavy atom. The van der Waals surface area contributed by atoms with Crippen LogP contribution in [0.1, 0.15) is 16.9 Å². The summed E-state index contributed by atoms with van der Waals surface area (Å²) in [5.74, 6) is -0.432. The molecule has 1 atom stereocenters. The molecule has 1 heterocycles. The Labute approximate surface area is 113 Å². The van der Waals surface area contributed by atoms with Gasteiger partial charge >= 0.3 is 5.97 Å². The van der Waals surface area contributed by atoms with E-state index < -0.39 is 10.3 Å². The molecule has 1 N–H and O–H groups in total. The molecule has 1 aromatic carbocycles. The molecule has 0 amide bonds. The fourth-order valence-corrected chi connectivity index (χ4v) is 2.31. The molecule has 4 nitrogen and oxygen atoms in total. The van der Waals surface area contributed by atoms with E-state index in [1.165, 1.54) is 0 Å². The van der Waals surface area contributed by atoms with Crippen LogP contribution in [0.5, 0.6) is 0 Å². The molecule has 2 aromatic rings. The van der Waals surface area contributed by atoms with Gasteiger partial charge in [0.15, 0.2) is 5.69 Å². The van der Waals surface area contributed by atoms with E-state index in [1.54, 1.807) is 0 Å². The second kappa shape index (κ2) is 4.14. The van der Waals surface area contributed by atoms with Gasteiger partial charge in [0.25, 0.3) is 0 Å². The van der Waals surface area contributed by atoms with Gasteiger partial charge in [-0.05, 0) is 12.5 Å². The van der Waals surface area contributed by atoms with Crippen molar-refractivity contribution >= 4 is 40.1 Å². The number of benzene rings is 1. The van der Waals surface area contributed by atoms with E-state index in [9.17, 15) is 4.79 Å². The molecule has 0 radical (unpaired) electrons. The van der Waals surface area contributed by atoms with Crippen molar-refractivity contribution < 1.29 is 9.53 Å². The van der Waals surface area contributed by atoms with Crippen LogP contribution in [0.3, 0.4) is 0 Å². The minimum absolute atomic E-state index is 0.0231. The number of ether oxygens (including phenoxy) is 1. The van der Waals surface area contributed by atoms with Crippen LogP contribution in [-0.4, -0.2) is 27.1 Å². The number of fused-ring (bicyclic) bond motifs is 1. The zero-order valence-corrected chi connectivity index (χ0v) is 10.8. The average molecular weight is 285 g/mol. The van der Waals surface area contributed by atoms with E-state index in [2.05, 4.69) is 10.2 Å². The number of para-hydroxylation sites is 1. The number of hydrogen-bond acceptors (Lipinski definition) is 3. The molecule has 1 saturated carbocycles. The molecule has 0 saturated heterocycles. The normalized spacial score (nSPS) is 20.9. The largest absolute Gasteiger partial charge is 0.460 e. The molecule has 1 aromatic heterocycles. The average Bonchev–Trinajstić information content (AvgIpc) is 2.78. The topological polar surface area (TPSA) is 55.0 Å². The maximum absolute atomic E-state index is 11.9. The Bertz CT molecular complexity index is 609. The molecule has 18 heavy (non-hydrogen) atoms. The Kier molecular flexibility index (Phi) is 2.72. The van der Waals surface area contributed by atoms with E-state index in [4.69, 9.17) is 27.9 Å². The number of aromatic amines is 1. The van der Waals surface area contributed by atoms with Crippen molar-refractivity contribution in [2.45, 2.75) is 10.8 Å². The molecule has 6 heteroatoms. The number of carbonyl (C=O) groups excluding carboxylic acids is 1. The van der Waals surface area contributed by atoms with Gasteiger partial charge in [0, 0.05) is 11.3 Å². The van der Waals surface area contributed by atoms with E-state index in [0.29, 0.717) is 12.1 Å². The molecule has 1 aliphatic rings. The maximum Gasteiger partial charge on any atom is 0.359 e. The van der Waals surface area contributed by atoms with Crippen molar-refractivity contribution in [3.05, 3.63) is 30.0 Å². The van der Waals surface area contributed by atoms with Gasteiger partial charge in [-0.15, -0.1) is 23.2 Å². The molecule has 1 fully saturated rings. The summed E-state index contributed by atoms with van der Waals surface area (Å²) in [6, 6.07) is 7.38. The van der Waals surface area contributed by atoms with Gasteiger partial charge in [-0.25, -0.2) is 4.79 Å². The number of alkyl halides is 2. The summed E-state index contributed by atoms with van der Waals surface area (Å²) >= 11 is 11.7. The van der Waals surface area contributed by atoms with Crippen molar-refractivity contribution in [1.29, 1.82) is 0 Å². The summed E-state index contributed by atoms with van der Waals surface area (Å²) in [6.07, 6.45) is 0.657. The van der Waals surface area contributed by atoms with Gasteiger partial charge in [0.1, 0.15) is 4.33 Å². The Hall–Kier alpha value is -1.26. The first kappa shape index (κ1) is 11.8. The fourth-order valence-electron chi connectivity index (χ4n) is 1.81. The van der Waals surface area contributed by atoms with Gasteiger partial charge in [0.05, 0.1) is 12.1 Å². The van der Waals surface area contributed by atoms with Crippen molar-refractivity contribution in [2.75, 3.05) is 6.61 Å². The lowest BCUT2D eigenvalue weighted by Crippen LogP contribution is -2.10. The third-order valence-electron chi connectivity index (χ3n) is 3.04. The van der Waals surface area contributed by atoms with Gasteiger partial charge in [-0.2, -0.15) is 5.10 Å². The highest BCUT2D eigenvalue weighted by Crippen LogP contribution is 2.53. The summed E-state index contributed by atoms with van der Waals surface area (Å²) in [6.45, 7) is 0.229. The Balaban J connectivity index is 1.72. The summed E-state index contributed by atoms with van der Waals surface area (Å²) in [7, 11) is 0. The van der Waals surface area contributed by atoms with Crippen LogP contribution < -0.4 is 0 Å². The number of carbonyl (C=O) groups is 1. The first-order valence-corrected chi connectivity index (χ1v) is 6.31. The molecule has 0 spiro atoms. The maximum atomic E-state index is 11.9. The van der Waals surface area contributed by atoms with Crippen molar-refractivity contribution in [3.63, 3.8) is 0 Å². The van der Waals surface area contributed by atoms with Gasteiger partial charge in [0.2, 0.25) is 0 Å². The fraction of sp³-hybridized carbons (Fsp3) is 0.333. The van der Waals surface area contributed by atoms with Crippen LogP contribution in [0.25, 0.3) is 10.9 Å². The predicted octanol–water partition coefficient (Wildman–Crippen LogP) is 2.91. The number of nitrogens with zero attached hydrogens (tertiary/aromatic N) is 1.